The number of ketones is 1. The molecule has 112 valence electrons. The number of aromatic hydroxyl groups is 2. The summed E-state index contributed by atoms with van der Waals surface area (Å²) in [6.07, 6.45) is 0.992. The van der Waals surface area contributed by atoms with Crippen LogP contribution in [0.3, 0.4) is 0 Å². The molecule has 0 spiro atoms. The van der Waals surface area contributed by atoms with Crippen molar-refractivity contribution in [3.05, 3.63) is 29.8 Å². The van der Waals surface area contributed by atoms with Crippen LogP contribution in [0.4, 0.5) is 0 Å². The molecular weight excluding hydrogens is 272 g/mol. The van der Waals surface area contributed by atoms with Crippen LogP contribution in [0.1, 0.15) is 30.1 Å². The quantitative estimate of drug-likeness (QED) is 0.485. The lowest BCUT2D eigenvalue weighted by atomic mass is 9.99. The summed E-state index contributed by atoms with van der Waals surface area (Å²) in [5.74, 6) is -0.0508. The van der Waals surface area contributed by atoms with Gasteiger partial charge in [-0.1, -0.05) is 19.1 Å². The first-order chi connectivity index (χ1) is 10.1. The van der Waals surface area contributed by atoms with E-state index in [1.807, 2.05) is 6.92 Å². The Morgan fingerprint density at radius 1 is 1.29 bits per heavy atom. The number of Topliss-reactive ketones (excluding diaryl/α,β-unsaturated/α-hetero) is 1. The number of fused-ring (bicyclic) bond motifs is 1. The Morgan fingerprint density at radius 3 is 2.71 bits per heavy atom. The van der Waals surface area contributed by atoms with E-state index in [4.69, 9.17) is 9.47 Å². The van der Waals surface area contributed by atoms with Crippen LogP contribution in [0.25, 0.3) is 10.8 Å². The Kier molecular flexibility index (Phi) is 4.65. The molecule has 2 rings (SSSR count). The van der Waals surface area contributed by atoms with Gasteiger partial charge in [-0.15, -0.1) is 0 Å². The van der Waals surface area contributed by atoms with Crippen molar-refractivity contribution in [1.82, 2.24) is 0 Å². The van der Waals surface area contributed by atoms with Gasteiger partial charge in [0.05, 0.1) is 10.9 Å². The fourth-order valence-corrected chi connectivity index (χ4v) is 2.23. The largest absolute Gasteiger partial charge is 0.507 e. The zero-order valence-electron chi connectivity index (χ0n) is 12.0. The molecule has 0 saturated carbocycles. The molecule has 5 heteroatoms. The second kappa shape index (κ2) is 6.45. The van der Waals surface area contributed by atoms with Crippen molar-refractivity contribution in [2.24, 2.45) is 0 Å². The van der Waals surface area contributed by atoms with Gasteiger partial charge < -0.3 is 19.7 Å². The average Bonchev–Trinajstić information content (AvgIpc) is 2.48. The predicted molar refractivity (Wildman–Crippen MR) is 79.0 cm³/mol. The van der Waals surface area contributed by atoms with Gasteiger partial charge in [-0.3, -0.25) is 4.79 Å². The lowest BCUT2D eigenvalue weighted by molar-refractivity contribution is 0.0521. The lowest BCUT2D eigenvalue weighted by Gasteiger charge is -2.13. The number of hydrogen-bond acceptors (Lipinski definition) is 5. The van der Waals surface area contributed by atoms with Gasteiger partial charge in [0.1, 0.15) is 17.2 Å². The molecule has 2 aromatic rings. The predicted octanol–water partition coefficient (Wildman–Crippen LogP) is 3.22. The third-order valence-electron chi connectivity index (χ3n) is 3.18. The molecule has 0 aliphatic carbocycles. The van der Waals surface area contributed by atoms with Crippen molar-refractivity contribution in [3.8, 4) is 17.2 Å². The first-order valence-corrected chi connectivity index (χ1v) is 6.72. The van der Waals surface area contributed by atoms with Crippen LogP contribution in [-0.4, -0.2) is 29.9 Å². The molecule has 0 bridgehead atoms. The number of carbonyl (C=O) groups is 1. The van der Waals surface area contributed by atoms with E-state index in [1.54, 1.807) is 18.2 Å². The van der Waals surface area contributed by atoms with E-state index in [-0.39, 0.29) is 29.6 Å². The van der Waals surface area contributed by atoms with Gasteiger partial charge in [0.2, 0.25) is 0 Å². The second-order valence-electron chi connectivity index (χ2n) is 4.69. The highest BCUT2D eigenvalue weighted by Crippen LogP contribution is 2.41. The molecule has 0 unspecified atom stereocenters. The zero-order chi connectivity index (χ0) is 15.4. The fraction of sp³-hybridized carbons (Fsp3) is 0.312. The van der Waals surface area contributed by atoms with E-state index in [9.17, 15) is 15.0 Å². The number of ether oxygens (including phenoxy) is 2. The van der Waals surface area contributed by atoms with Crippen LogP contribution in [0, 0.1) is 0 Å². The maximum Gasteiger partial charge on any atom is 0.188 e. The highest BCUT2D eigenvalue weighted by atomic mass is 16.7. The molecule has 21 heavy (non-hydrogen) atoms. The number of carbonyl (C=O) groups excluding carboxylic acids is 1. The summed E-state index contributed by atoms with van der Waals surface area (Å²) in [6, 6.07) is 6.26. The highest BCUT2D eigenvalue weighted by molar-refractivity contribution is 6.08. The minimum absolute atomic E-state index is 0.0236. The van der Waals surface area contributed by atoms with Gasteiger partial charge in [-0.05, 0) is 18.6 Å². The Bertz CT molecular complexity index is 663. The summed E-state index contributed by atoms with van der Waals surface area (Å²) >= 11 is 0. The maximum atomic E-state index is 12.0. The summed E-state index contributed by atoms with van der Waals surface area (Å²) in [5, 5.41) is 21.2. The minimum atomic E-state index is -0.199. The molecule has 5 nitrogen and oxygen atoms in total. The SMILES string of the molecule is CCCC(=O)c1cc(O)c2c(OCOC)cccc2c1O. The van der Waals surface area contributed by atoms with E-state index in [1.165, 1.54) is 13.2 Å². The summed E-state index contributed by atoms with van der Waals surface area (Å²) in [4.78, 5) is 12.0. The van der Waals surface area contributed by atoms with Crippen LogP contribution in [0.15, 0.2) is 24.3 Å². The van der Waals surface area contributed by atoms with Gasteiger partial charge in [0, 0.05) is 18.9 Å². The van der Waals surface area contributed by atoms with E-state index in [0.29, 0.717) is 29.4 Å². The molecule has 0 heterocycles. The Morgan fingerprint density at radius 2 is 2.05 bits per heavy atom. The fourth-order valence-electron chi connectivity index (χ4n) is 2.23. The number of hydrogen-bond donors (Lipinski definition) is 2. The third kappa shape index (κ3) is 2.92. The molecule has 0 aliphatic rings. The van der Waals surface area contributed by atoms with Crippen molar-refractivity contribution in [2.75, 3.05) is 13.9 Å². The van der Waals surface area contributed by atoms with Crippen LogP contribution in [0.2, 0.25) is 0 Å². The first kappa shape index (κ1) is 15.1. The molecule has 2 N–H and O–H groups in total. The highest BCUT2D eigenvalue weighted by Gasteiger charge is 2.18. The van der Waals surface area contributed by atoms with E-state index < -0.39 is 0 Å². The summed E-state index contributed by atoms with van der Waals surface area (Å²) in [7, 11) is 1.49. The van der Waals surface area contributed by atoms with E-state index >= 15 is 0 Å². The Hall–Kier alpha value is -2.27. The van der Waals surface area contributed by atoms with Crippen LogP contribution in [0.5, 0.6) is 17.2 Å². The number of methoxy groups -OCH3 is 1. The normalized spacial score (nSPS) is 10.8. The Labute approximate surface area is 122 Å². The summed E-state index contributed by atoms with van der Waals surface area (Å²) in [6.45, 7) is 1.91. The first-order valence-electron chi connectivity index (χ1n) is 6.72. The van der Waals surface area contributed by atoms with Crippen molar-refractivity contribution < 1.29 is 24.5 Å². The van der Waals surface area contributed by atoms with E-state index in [0.717, 1.165) is 0 Å². The van der Waals surface area contributed by atoms with Gasteiger partial charge in [0.15, 0.2) is 12.6 Å². The molecule has 0 radical (unpaired) electrons. The van der Waals surface area contributed by atoms with Gasteiger partial charge in [-0.25, -0.2) is 0 Å². The molecule has 2 aromatic carbocycles. The monoisotopic (exact) mass is 290 g/mol. The lowest BCUT2D eigenvalue weighted by Crippen LogP contribution is -2.01. The molecule has 0 atom stereocenters. The van der Waals surface area contributed by atoms with Crippen LogP contribution < -0.4 is 4.74 Å². The zero-order valence-corrected chi connectivity index (χ0v) is 12.0. The van der Waals surface area contributed by atoms with Crippen molar-refractivity contribution >= 4 is 16.6 Å². The second-order valence-corrected chi connectivity index (χ2v) is 4.69. The number of rotatable bonds is 6. The minimum Gasteiger partial charge on any atom is -0.507 e. The number of phenolic OH excluding ortho intramolecular Hbond substituents is 2. The maximum absolute atomic E-state index is 12.0. The van der Waals surface area contributed by atoms with Gasteiger partial charge in [-0.2, -0.15) is 0 Å². The van der Waals surface area contributed by atoms with E-state index in [2.05, 4.69) is 0 Å². The molecule has 0 fully saturated rings. The molecule has 0 saturated heterocycles. The summed E-state index contributed by atoms with van der Waals surface area (Å²) in [5.41, 5.74) is 0.130. The Balaban J connectivity index is 2.60. The number of benzene rings is 2. The van der Waals surface area contributed by atoms with Gasteiger partial charge in [0.25, 0.3) is 0 Å². The molecular formula is C16H18O5. The topological polar surface area (TPSA) is 76.0 Å². The molecule has 0 aliphatic heterocycles. The average molecular weight is 290 g/mol. The van der Waals surface area contributed by atoms with Crippen molar-refractivity contribution in [1.29, 1.82) is 0 Å². The van der Waals surface area contributed by atoms with Crippen LogP contribution >= 0.6 is 0 Å². The standard InChI is InChI=1S/C16H18O5/c1-3-5-12(17)11-8-13(18)15-10(16(11)19)6-4-7-14(15)21-9-20-2/h4,6-8,18-19H,3,5,9H2,1-2H3. The number of phenols is 2. The van der Waals surface area contributed by atoms with Crippen molar-refractivity contribution in [2.45, 2.75) is 19.8 Å². The molecule has 0 amide bonds. The summed E-state index contributed by atoms with van der Waals surface area (Å²) < 4.78 is 10.2. The third-order valence-corrected chi connectivity index (χ3v) is 3.18. The molecule has 0 aromatic heterocycles. The van der Waals surface area contributed by atoms with Gasteiger partial charge >= 0.3 is 0 Å². The van der Waals surface area contributed by atoms with Crippen LogP contribution in [-0.2, 0) is 4.74 Å². The smallest absolute Gasteiger partial charge is 0.188 e. The van der Waals surface area contributed by atoms with Crippen molar-refractivity contribution in [3.63, 3.8) is 0 Å².